The molecule has 1 saturated heterocycles. The first-order valence-electron chi connectivity index (χ1n) is 10.4. The molecule has 0 bridgehead atoms. The Balaban J connectivity index is 1.62. The summed E-state index contributed by atoms with van der Waals surface area (Å²) in [4.78, 5) is 28.3. The molecule has 160 valence electrons. The van der Waals surface area contributed by atoms with Crippen LogP contribution in [-0.2, 0) is 13.0 Å². The second-order valence-electron chi connectivity index (χ2n) is 8.44. The van der Waals surface area contributed by atoms with E-state index in [1.54, 1.807) is 4.90 Å². The van der Waals surface area contributed by atoms with Crippen molar-refractivity contribution in [2.45, 2.75) is 32.7 Å². The summed E-state index contributed by atoms with van der Waals surface area (Å²) in [6.45, 7) is 4.90. The highest BCUT2D eigenvalue weighted by Gasteiger charge is 2.29. The van der Waals surface area contributed by atoms with Crippen molar-refractivity contribution in [2.24, 2.45) is 5.92 Å². The Hall–Kier alpha value is -2.77. The van der Waals surface area contributed by atoms with Crippen molar-refractivity contribution in [2.75, 3.05) is 43.5 Å². The van der Waals surface area contributed by atoms with E-state index in [0.717, 1.165) is 67.0 Å². The van der Waals surface area contributed by atoms with Crippen LogP contribution in [0.25, 0.3) is 0 Å². The van der Waals surface area contributed by atoms with Crippen molar-refractivity contribution in [1.29, 1.82) is 0 Å². The average molecular weight is 415 g/mol. The zero-order chi connectivity index (χ0) is 21.4. The zero-order valence-electron chi connectivity index (χ0n) is 17.7. The van der Waals surface area contributed by atoms with E-state index in [1.165, 1.54) is 6.07 Å². The number of anilines is 2. The molecule has 0 saturated carbocycles. The average Bonchev–Trinajstić information content (AvgIpc) is 2.72. The minimum Gasteiger partial charge on any atom is -0.362 e. The molecular weight excluding hydrogens is 388 g/mol. The summed E-state index contributed by atoms with van der Waals surface area (Å²) in [5, 5.41) is 0. The van der Waals surface area contributed by atoms with Crippen molar-refractivity contribution in [3.63, 3.8) is 0 Å². The van der Waals surface area contributed by atoms with Gasteiger partial charge in [0.1, 0.15) is 17.5 Å². The van der Waals surface area contributed by atoms with Crippen molar-refractivity contribution in [3.8, 4) is 0 Å². The van der Waals surface area contributed by atoms with Crippen LogP contribution < -0.4 is 9.80 Å². The first kappa shape index (κ1) is 20.5. The molecule has 3 heterocycles. The van der Waals surface area contributed by atoms with E-state index >= 15 is 0 Å². The molecule has 2 aliphatic heterocycles. The van der Waals surface area contributed by atoms with Gasteiger partial charge in [-0.3, -0.25) is 4.79 Å². The van der Waals surface area contributed by atoms with Crippen LogP contribution in [0.2, 0.25) is 0 Å². The molecule has 0 radical (unpaired) electrons. The molecule has 1 aromatic heterocycles. The third kappa shape index (κ3) is 3.95. The number of amides is 1. The first-order valence-corrected chi connectivity index (χ1v) is 10.4. The number of fused-ring (bicyclic) bond motifs is 1. The largest absolute Gasteiger partial charge is 0.362 e. The number of carbonyl (C=O) groups is 1. The fourth-order valence-corrected chi connectivity index (χ4v) is 4.11. The molecule has 0 atom stereocenters. The topological polar surface area (TPSA) is 52.6 Å². The Morgan fingerprint density at radius 3 is 2.53 bits per heavy atom. The van der Waals surface area contributed by atoms with Crippen LogP contribution in [0.4, 0.5) is 20.5 Å². The summed E-state index contributed by atoms with van der Waals surface area (Å²) in [5.41, 5.74) is 1.70. The van der Waals surface area contributed by atoms with Crippen LogP contribution in [0.1, 0.15) is 41.4 Å². The molecule has 8 heteroatoms. The standard InChI is InChI=1S/C22H27F2N5O/c1-14-6-9-28(10-7-14)22-25-19-8-11-29(13-17(19)20(26-22)27(2)3)21(30)16-5-4-15(23)12-18(16)24/h4-5,12,14H,6-11,13H2,1-3H3. The van der Waals surface area contributed by atoms with Gasteiger partial charge in [-0.1, -0.05) is 6.92 Å². The summed E-state index contributed by atoms with van der Waals surface area (Å²) < 4.78 is 27.3. The van der Waals surface area contributed by atoms with Crippen LogP contribution >= 0.6 is 0 Å². The Labute approximate surface area is 175 Å². The number of piperidine rings is 1. The molecule has 2 aliphatic rings. The highest BCUT2D eigenvalue weighted by molar-refractivity contribution is 5.94. The van der Waals surface area contributed by atoms with Gasteiger partial charge < -0.3 is 14.7 Å². The Kier molecular flexibility index (Phi) is 5.58. The molecule has 1 amide bonds. The molecule has 6 nitrogen and oxygen atoms in total. The highest BCUT2D eigenvalue weighted by atomic mass is 19.1. The molecule has 0 aliphatic carbocycles. The SMILES string of the molecule is CC1CCN(c2nc3c(c(N(C)C)n2)CN(C(=O)c2ccc(F)cc2F)CC3)CC1. The van der Waals surface area contributed by atoms with Gasteiger partial charge in [0.05, 0.1) is 17.8 Å². The quantitative estimate of drug-likeness (QED) is 0.770. The van der Waals surface area contributed by atoms with Crippen molar-refractivity contribution in [3.05, 3.63) is 46.7 Å². The smallest absolute Gasteiger partial charge is 0.257 e. The van der Waals surface area contributed by atoms with Gasteiger partial charge in [-0.05, 0) is 30.9 Å². The maximum absolute atomic E-state index is 14.1. The second kappa shape index (κ2) is 8.16. The summed E-state index contributed by atoms with van der Waals surface area (Å²) in [6.07, 6.45) is 2.83. The van der Waals surface area contributed by atoms with E-state index in [0.29, 0.717) is 19.5 Å². The van der Waals surface area contributed by atoms with Gasteiger partial charge in [0.2, 0.25) is 5.95 Å². The molecule has 0 N–H and O–H groups in total. The summed E-state index contributed by atoms with van der Waals surface area (Å²) in [5.74, 6) is 0.260. The van der Waals surface area contributed by atoms with E-state index in [2.05, 4.69) is 11.8 Å². The zero-order valence-corrected chi connectivity index (χ0v) is 17.7. The third-order valence-corrected chi connectivity index (χ3v) is 5.97. The minimum atomic E-state index is -0.843. The summed E-state index contributed by atoms with van der Waals surface area (Å²) in [6, 6.07) is 3.05. The van der Waals surface area contributed by atoms with E-state index in [4.69, 9.17) is 9.97 Å². The van der Waals surface area contributed by atoms with Gasteiger partial charge in [-0.25, -0.2) is 13.8 Å². The second-order valence-corrected chi connectivity index (χ2v) is 8.44. The van der Waals surface area contributed by atoms with Crippen molar-refractivity contribution < 1.29 is 13.6 Å². The molecule has 0 spiro atoms. The molecule has 4 rings (SSSR count). The Morgan fingerprint density at radius 1 is 1.13 bits per heavy atom. The Morgan fingerprint density at radius 2 is 1.87 bits per heavy atom. The summed E-state index contributed by atoms with van der Waals surface area (Å²) in [7, 11) is 3.84. The van der Waals surface area contributed by atoms with E-state index in [-0.39, 0.29) is 5.56 Å². The van der Waals surface area contributed by atoms with Gasteiger partial charge in [0.15, 0.2) is 0 Å². The summed E-state index contributed by atoms with van der Waals surface area (Å²) >= 11 is 0. The van der Waals surface area contributed by atoms with Crippen LogP contribution in [0, 0.1) is 17.6 Å². The van der Waals surface area contributed by atoms with Crippen LogP contribution in [-0.4, -0.2) is 54.5 Å². The lowest BCUT2D eigenvalue weighted by atomic mass is 9.99. The third-order valence-electron chi connectivity index (χ3n) is 5.97. The van der Waals surface area contributed by atoms with Gasteiger partial charge >= 0.3 is 0 Å². The number of rotatable bonds is 3. The number of aromatic nitrogens is 2. The molecule has 0 unspecified atom stereocenters. The van der Waals surface area contributed by atoms with E-state index in [9.17, 15) is 13.6 Å². The van der Waals surface area contributed by atoms with Gasteiger partial charge in [0.25, 0.3) is 5.91 Å². The Bertz CT molecular complexity index is 957. The molecule has 30 heavy (non-hydrogen) atoms. The number of carbonyl (C=O) groups excluding carboxylic acids is 1. The van der Waals surface area contributed by atoms with Gasteiger partial charge in [-0.2, -0.15) is 4.98 Å². The lowest BCUT2D eigenvalue weighted by molar-refractivity contribution is 0.0729. The lowest BCUT2D eigenvalue weighted by Gasteiger charge is -2.34. The van der Waals surface area contributed by atoms with Gasteiger partial charge in [-0.15, -0.1) is 0 Å². The maximum Gasteiger partial charge on any atom is 0.257 e. The van der Waals surface area contributed by atoms with E-state index in [1.807, 2.05) is 19.0 Å². The highest BCUT2D eigenvalue weighted by Crippen LogP contribution is 2.30. The fourth-order valence-electron chi connectivity index (χ4n) is 4.11. The molecule has 2 aromatic rings. The maximum atomic E-state index is 14.1. The molecular formula is C22H27F2N5O. The first-order chi connectivity index (χ1) is 14.3. The van der Waals surface area contributed by atoms with Crippen molar-refractivity contribution in [1.82, 2.24) is 14.9 Å². The number of nitrogens with zero attached hydrogens (tertiary/aromatic N) is 5. The molecule has 1 fully saturated rings. The van der Waals surface area contributed by atoms with Crippen LogP contribution in [0.3, 0.4) is 0 Å². The number of hydrogen-bond acceptors (Lipinski definition) is 5. The van der Waals surface area contributed by atoms with E-state index < -0.39 is 17.5 Å². The van der Waals surface area contributed by atoms with Crippen molar-refractivity contribution >= 4 is 17.7 Å². The monoisotopic (exact) mass is 415 g/mol. The predicted molar refractivity (Wildman–Crippen MR) is 112 cm³/mol. The fraction of sp³-hybridized carbons (Fsp3) is 0.500. The molecule has 1 aromatic carbocycles. The normalized spacial score (nSPS) is 17.1. The van der Waals surface area contributed by atoms with Crippen LogP contribution in [0.5, 0.6) is 0 Å². The number of halogens is 2. The minimum absolute atomic E-state index is 0.119. The van der Waals surface area contributed by atoms with Gasteiger partial charge in [0, 0.05) is 51.8 Å². The number of hydrogen-bond donors (Lipinski definition) is 0. The predicted octanol–water partition coefficient (Wildman–Crippen LogP) is 3.26. The number of benzene rings is 1. The lowest BCUT2D eigenvalue weighted by Crippen LogP contribution is -2.39. The van der Waals surface area contributed by atoms with Crippen LogP contribution in [0.15, 0.2) is 18.2 Å².